The van der Waals surface area contributed by atoms with E-state index < -0.39 is 0 Å². The summed E-state index contributed by atoms with van der Waals surface area (Å²) in [7, 11) is 0. The highest BCUT2D eigenvalue weighted by molar-refractivity contribution is 5.95. The zero-order chi connectivity index (χ0) is 20.1. The molecule has 2 heterocycles. The van der Waals surface area contributed by atoms with Crippen molar-refractivity contribution < 1.29 is 23.6 Å². The third-order valence-corrected chi connectivity index (χ3v) is 4.23. The van der Waals surface area contributed by atoms with E-state index >= 15 is 0 Å². The standard InChI is InChI=1S/C21H19N3O5/c25-20(12-16-11-18(29-24-16)14-4-2-1-3-5-14)22-13-21(26)23-15-6-7-17-19(10-15)28-9-8-27-17/h1-7,10-11H,8-9,12-13H2,(H,22,25)(H,23,26). The quantitative estimate of drug-likeness (QED) is 0.667. The van der Waals surface area contributed by atoms with E-state index in [-0.39, 0.29) is 24.8 Å². The van der Waals surface area contributed by atoms with E-state index in [4.69, 9.17) is 14.0 Å². The highest BCUT2D eigenvalue weighted by Gasteiger charge is 2.14. The van der Waals surface area contributed by atoms with Crippen LogP contribution in [0.5, 0.6) is 11.5 Å². The van der Waals surface area contributed by atoms with Crippen LogP contribution in [0.4, 0.5) is 5.69 Å². The van der Waals surface area contributed by atoms with Gasteiger partial charge in [0.2, 0.25) is 11.8 Å². The summed E-state index contributed by atoms with van der Waals surface area (Å²) in [6.07, 6.45) is 0.0215. The Morgan fingerprint density at radius 1 is 0.931 bits per heavy atom. The van der Waals surface area contributed by atoms with Crippen molar-refractivity contribution in [2.45, 2.75) is 6.42 Å². The van der Waals surface area contributed by atoms with Gasteiger partial charge in [0.1, 0.15) is 13.2 Å². The molecule has 0 bridgehead atoms. The number of anilines is 1. The van der Waals surface area contributed by atoms with Crippen molar-refractivity contribution in [3.63, 3.8) is 0 Å². The first-order valence-electron chi connectivity index (χ1n) is 9.14. The van der Waals surface area contributed by atoms with Crippen LogP contribution < -0.4 is 20.1 Å². The molecule has 3 aromatic rings. The van der Waals surface area contributed by atoms with Crippen LogP contribution in [0.3, 0.4) is 0 Å². The van der Waals surface area contributed by atoms with Gasteiger partial charge in [0, 0.05) is 23.4 Å². The van der Waals surface area contributed by atoms with Crippen LogP contribution in [0.2, 0.25) is 0 Å². The number of hydrogen-bond donors (Lipinski definition) is 2. The Balaban J connectivity index is 1.26. The minimum absolute atomic E-state index is 0.0215. The first-order chi connectivity index (χ1) is 14.2. The Kier molecular flexibility index (Phi) is 5.42. The van der Waals surface area contributed by atoms with Crippen molar-refractivity contribution in [2.24, 2.45) is 0 Å². The van der Waals surface area contributed by atoms with E-state index in [1.807, 2.05) is 30.3 Å². The van der Waals surface area contributed by atoms with Crippen LogP contribution >= 0.6 is 0 Å². The average Bonchev–Trinajstić information content (AvgIpc) is 3.21. The number of carbonyl (C=O) groups excluding carboxylic acids is 2. The third kappa shape index (κ3) is 4.73. The molecule has 148 valence electrons. The van der Waals surface area contributed by atoms with E-state index in [2.05, 4.69) is 15.8 Å². The highest BCUT2D eigenvalue weighted by Crippen LogP contribution is 2.32. The fraction of sp³-hybridized carbons (Fsp3) is 0.190. The molecular weight excluding hydrogens is 374 g/mol. The predicted octanol–water partition coefficient (Wildman–Crippen LogP) is 2.41. The molecule has 0 unspecified atom stereocenters. The molecule has 0 atom stereocenters. The number of fused-ring (bicyclic) bond motifs is 1. The Bertz CT molecular complexity index is 1020. The van der Waals surface area contributed by atoms with Crippen molar-refractivity contribution in [2.75, 3.05) is 25.1 Å². The molecule has 4 rings (SSSR count). The van der Waals surface area contributed by atoms with Gasteiger partial charge in [-0.05, 0) is 12.1 Å². The fourth-order valence-electron chi connectivity index (χ4n) is 2.87. The molecule has 8 heteroatoms. The van der Waals surface area contributed by atoms with Gasteiger partial charge in [-0.1, -0.05) is 35.5 Å². The summed E-state index contributed by atoms with van der Waals surface area (Å²) in [6.45, 7) is 0.814. The van der Waals surface area contributed by atoms with Crippen molar-refractivity contribution >= 4 is 17.5 Å². The monoisotopic (exact) mass is 393 g/mol. The van der Waals surface area contributed by atoms with Crippen LogP contribution in [0, 0.1) is 0 Å². The van der Waals surface area contributed by atoms with Gasteiger partial charge in [-0.15, -0.1) is 0 Å². The lowest BCUT2D eigenvalue weighted by molar-refractivity contribution is -0.123. The molecule has 2 amide bonds. The van der Waals surface area contributed by atoms with Crippen molar-refractivity contribution in [3.8, 4) is 22.8 Å². The molecule has 29 heavy (non-hydrogen) atoms. The van der Waals surface area contributed by atoms with Crippen LogP contribution in [0.1, 0.15) is 5.69 Å². The lowest BCUT2D eigenvalue weighted by Gasteiger charge is -2.19. The van der Waals surface area contributed by atoms with Crippen LogP contribution in [0.25, 0.3) is 11.3 Å². The molecule has 8 nitrogen and oxygen atoms in total. The number of amides is 2. The molecule has 1 aliphatic heterocycles. The number of aromatic nitrogens is 1. The predicted molar refractivity (Wildman–Crippen MR) is 105 cm³/mol. The first kappa shape index (κ1) is 18.5. The van der Waals surface area contributed by atoms with Gasteiger partial charge >= 0.3 is 0 Å². The number of carbonyl (C=O) groups is 2. The Hall–Kier alpha value is -3.81. The second-order valence-electron chi connectivity index (χ2n) is 6.41. The average molecular weight is 393 g/mol. The van der Waals surface area contributed by atoms with Gasteiger partial charge in [0.15, 0.2) is 17.3 Å². The maximum absolute atomic E-state index is 12.1. The fourth-order valence-corrected chi connectivity index (χ4v) is 2.87. The van der Waals surface area contributed by atoms with E-state index in [1.54, 1.807) is 24.3 Å². The van der Waals surface area contributed by atoms with Gasteiger partial charge in [-0.3, -0.25) is 9.59 Å². The second-order valence-corrected chi connectivity index (χ2v) is 6.41. The summed E-state index contributed by atoms with van der Waals surface area (Å²) in [5.41, 5.74) is 1.94. The Morgan fingerprint density at radius 2 is 1.72 bits per heavy atom. The van der Waals surface area contributed by atoms with Crippen molar-refractivity contribution in [1.29, 1.82) is 0 Å². The van der Waals surface area contributed by atoms with E-state index in [0.29, 0.717) is 41.9 Å². The highest BCUT2D eigenvalue weighted by atomic mass is 16.6. The van der Waals surface area contributed by atoms with Crippen LogP contribution in [-0.2, 0) is 16.0 Å². The van der Waals surface area contributed by atoms with Crippen molar-refractivity contribution in [1.82, 2.24) is 10.5 Å². The van der Waals surface area contributed by atoms with Crippen LogP contribution in [-0.4, -0.2) is 36.7 Å². The van der Waals surface area contributed by atoms with Gasteiger partial charge in [-0.2, -0.15) is 0 Å². The maximum atomic E-state index is 12.1. The lowest BCUT2D eigenvalue weighted by atomic mass is 10.1. The molecule has 0 saturated carbocycles. The normalized spacial score (nSPS) is 12.3. The van der Waals surface area contributed by atoms with Gasteiger partial charge in [0.05, 0.1) is 18.7 Å². The molecule has 1 aromatic heterocycles. The molecular formula is C21H19N3O5. The SMILES string of the molecule is O=C(Cc1cc(-c2ccccc2)on1)NCC(=O)Nc1ccc2c(c1)OCCO2. The van der Waals surface area contributed by atoms with Crippen LogP contribution in [0.15, 0.2) is 59.1 Å². The minimum atomic E-state index is -0.347. The molecule has 0 aliphatic carbocycles. The number of rotatable bonds is 6. The molecule has 0 spiro atoms. The lowest BCUT2D eigenvalue weighted by Crippen LogP contribution is -2.33. The van der Waals surface area contributed by atoms with Crippen molar-refractivity contribution in [3.05, 3.63) is 60.3 Å². The minimum Gasteiger partial charge on any atom is -0.486 e. The molecule has 2 N–H and O–H groups in total. The van der Waals surface area contributed by atoms with Gasteiger partial charge in [-0.25, -0.2) is 0 Å². The number of hydrogen-bond acceptors (Lipinski definition) is 6. The smallest absolute Gasteiger partial charge is 0.243 e. The summed E-state index contributed by atoms with van der Waals surface area (Å²) in [4.78, 5) is 24.2. The van der Waals surface area contributed by atoms with E-state index in [9.17, 15) is 9.59 Å². The maximum Gasteiger partial charge on any atom is 0.243 e. The van der Waals surface area contributed by atoms with E-state index in [0.717, 1.165) is 5.56 Å². The topological polar surface area (TPSA) is 103 Å². The number of nitrogens with zero attached hydrogens (tertiary/aromatic N) is 1. The van der Waals surface area contributed by atoms with E-state index in [1.165, 1.54) is 0 Å². The molecule has 0 saturated heterocycles. The molecule has 0 radical (unpaired) electrons. The number of nitrogens with one attached hydrogen (secondary N) is 2. The molecule has 1 aliphatic rings. The second kappa shape index (κ2) is 8.47. The summed E-state index contributed by atoms with van der Waals surface area (Å²) in [5, 5.41) is 9.19. The summed E-state index contributed by atoms with van der Waals surface area (Å²) in [5.74, 6) is 1.14. The Labute approximate surface area is 166 Å². The zero-order valence-electron chi connectivity index (χ0n) is 15.5. The summed E-state index contributed by atoms with van der Waals surface area (Å²) < 4.78 is 16.2. The number of benzene rings is 2. The molecule has 0 fully saturated rings. The largest absolute Gasteiger partial charge is 0.486 e. The molecule has 2 aromatic carbocycles. The Morgan fingerprint density at radius 3 is 2.55 bits per heavy atom. The summed E-state index contributed by atoms with van der Waals surface area (Å²) in [6, 6.07) is 16.3. The third-order valence-electron chi connectivity index (χ3n) is 4.23. The number of ether oxygens (including phenoxy) is 2. The summed E-state index contributed by atoms with van der Waals surface area (Å²) >= 11 is 0. The zero-order valence-corrected chi connectivity index (χ0v) is 15.5. The first-order valence-corrected chi connectivity index (χ1v) is 9.14. The van der Waals surface area contributed by atoms with Gasteiger partial charge < -0.3 is 24.6 Å². The van der Waals surface area contributed by atoms with Gasteiger partial charge in [0.25, 0.3) is 0 Å².